The van der Waals surface area contributed by atoms with Crippen molar-refractivity contribution in [3.8, 4) is 0 Å². The van der Waals surface area contributed by atoms with Gasteiger partial charge in [-0.15, -0.1) is 0 Å². The lowest BCUT2D eigenvalue weighted by Gasteiger charge is -2.12. The van der Waals surface area contributed by atoms with Gasteiger partial charge in [0.25, 0.3) is 0 Å². The molecule has 0 aliphatic heterocycles. The van der Waals surface area contributed by atoms with Crippen molar-refractivity contribution in [2.75, 3.05) is 0 Å². The minimum Gasteiger partial charge on any atom is -0.307 e. The maximum atomic E-state index is 4.17. The van der Waals surface area contributed by atoms with Gasteiger partial charge in [0.15, 0.2) is 0 Å². The molecule has 1 aromatic heterocycles. The van der Waals surface area contributed by atoms with Gasteiger partial charge >= 0.3 is 0 Å². The van der Waals surface area contributed by atoms with Gasteiger partial charge in [-0.3, -0.25) is 4.68 Å². The summed E-state index contributed by atoms with van der Waals surface area (Å²) in [6.07, 6.45) is 6.16. The molecule has 0 amide bonds. The van der Waals surface area contributed by atoms with Gasteiger partial charge in [-0.2, -0.15) is 5.10 Å². The predicted octanol–water partition coefficient (Wildman–Crippen LogP) is 2.04. The normalized spacial score (nSPS) is 12.5. The summed E-state index contributed by atoms with van der Waals surface area (Å²) in [5.74, 6) is 0.981. The van der Waals surface area contributed by atoms with Gasteiger partial charge in [-0.1, -0.05) is 11.6 Å². The fraction of sp³-hybridized carbons (Fsp3) is 0.667. The number of hydrogen-bond acceptors (Lipinski definition) is 3. The Labute approximate surface area is 97.8 Å². The molecule has 0 saturated carbocycles. The van der Waals surface area contributed by atoms with Gasteiger partial charge in [0.2, 0.25) is 0 Å². The number of aryl methyl sites for hydroxylation is 1. The molecule has 4 heteroatoms. The standard InChI is InChI=1S/C12H22N4/c1-10(2)6-5-7-11(3)13-8-12-14-9-15-16(12)4/h6,9,11,13H,5,7-8H2,1-4H3. The Bertz CT molecular complexity index is 337. The quantitative estimate of drug-likeness (QED) is 0.749. The molecule has 16 heavy (non-hydrogen) atoms. The van der Waals surface area contributed by atoms with Crippen LogP contribution in [-0.2, 0) is 13.6 Å². The van der Waals surface area contributed by atoms with Crippen molar-refractivity contribution in [1.29, 1.82) is 0 Å². The third-order valence-corrected chi connectivity index (χ3v) is 2.57. The van der Waals surface area contributed by atoms with E-state index in [0.717, 1.165) is 25.2 Å². The predicted molar refractivity (Wildman–Crippen MR) is 66.0 cm³/mol. The highest BCUT2D eigenvalue weighted by Crippen LogP contribution is 2.02. The molecule has 4 nitrogen and oxygen atoms in total. The lowest BCUT2D eigenvalue weighted by Crippen LogP contribution is -2.26. The number of aromatic nitrogens is 3. The van der Waals surface area contributed by atoms with Crippen molar-refractivity contribution in [3.05, 3.63) is 23.8 Å². The van der Waals surface area contributed by atoms with Gasteiger partial charge in [-0.05, 0) is 33.6 Å². The van der Waals surface area contributed by atoms with Crippen LogP contribution in [0.3, 0.4) is 0 Å². The summed E-state index contributed by atoms with van der Waals surface area (Å²) in [6.45, 7) is 7.26. The van der Waals surface area contributed by atoms with Crippen molar-refractivity contribution >= 4 is 0 Å². The zero-order valence-corrected chi connectivity index (χ0v) is 10.7. The topological polar surface area (TPSA) is 42.7 Å². The third-order valence-electron chi connectivity index (χ3n) is 2.57. The fourth-order valence-electron chi connectivity index (χ4n) is 1.47. The summed E-state index contributed by atoms with van der Waals surface area (Å²) in [6, 6.07) is 0.507. The molecule has 1 atom stereocenters. The monoisotopic (exact) mass is 222 g/mol. The van der Waals surface area contributed by atoms with Crippen molar-refractivity contribution < 1.29 is 0 Å². The first-order valence-corrected chi connectivity index (χ1v) is 5.79. The van der Waals surface area contributed by atoms with Crippen LogP contribution in [0.4, 0.5) is 0 Å². The van der Waals surface area contributed by atoms with E-state index >= 15 is 0 Å². The maximum Gasteiger partial charge on any atom is 0.140 e. The summed E-state index contributed by atoms with van der Waals surface area (Å²) in [4.78, 5) is 4.17. The first kappa shape index (κ1) is 12.9. The zero-order valence-electron chi connectivity index (χ0n) is 10.7. The maximum absolute atomic E-state index is 4.17. The number of hydrogen-bond donors (Lipinski definition) is 1. The number of nitrogens with zero attached hydrogens (tertiary/aromatic N) is 3. The van der Waals surface area contributed by atoms with Gasteiger partial charge < -0.3 is 5.32 Å². The summed E-state index contributed by atoms with van der Waals surface area (Å²) >= 11 is 0. The summed E-state index contributed by atoms with van der Waals surface area (Å²) in [5, 5.41) is 7.48. The second-order valence-electron chi connectivity index (χ2n) is 4.44. The molecule has 0 fully saturated rings. The van der Waals surface area contributed by atoms with E-state index in [-0.39, 0.29) is 0 Å². The van der Waals surface area contributed by atoms with Crippen LogP contribution in [0.25, 0.3) is 0 Å². The van der Waals surface area contributed by atoms with Crippen molar-refractivity contribution in [1.82, 2.24) is 20.1 Å². The Balaban J connectivity index is 2.23. The Morgan fingerprint density at radius 3 is 2.88 bits per heavy atom. The molecule has 0 aliphatic rings. The molecule has 1 rings (SSSR count). The van der Waals surface area contributed by atoms with Gasteiger partial charge in [0.1, 0.15) is 12.2 Å². The molecule has 0 radical (unpaired) electrons. The van der Waals surface area contributed by atoms with E-state index in [4.69, 9.17) is 0 Å². The van der Waals surface area contributed by atoms with E-state index in [2.05, 4.69) is 42.2 Å². The van der Waals surface area contributed by atoms with E-state index in [9.17, 15) is 0 Å². The summed E-state index contributed by atoms with van der Waals surface area (Å²) < 4.78 is 1.80. The van der Waals surface area contributed by atoms with E-state index in [1.54, 1.807) is 11.0 Å². The number of nitrogens with one attached hydrogen (secondary N) is 1. The second kappa shape index (κ2) is 6.43. The lowest BCUT2D eigenvalue weighted by atomic mass is 10.1. The van der Waals surface area contributed by atoms with Gasteiger partial charge in [0.05, 0.1) is 6.54 Å². The van der Waals surface area contributed by atoms with Crippen LogP contribution in [0, 0.1) is 0 Å². The van der Waals surface area contributed by atoms with Crippen LogP contribution in [0.15, 0.2) is 18.0 Å². The average Bonchev–Trinajstić information content (AvgIpc) is 2.60. The van der Waals surface area contributed by atoms with Crippen molar-refractivity contribution in [2.24, 2.45) is 7.05 Å². The zero-order chi connectivity index (χ0) is 12.0. The van der Waals surface area contributed by atoms with Crippen LogP contribution in [0.2, 0.25) is 0 Å². The SMILES string of the molecule is CC(C)=CCCC(C)NCc1ncnn1C. The minimum atomic E-state index is 0.507. The Kier molecular flexibility index (Phi) is 5.19. The average molecular weight is 222 g/mol. The molecule has 0 saturated heterocycles. The lowest BCUT2D eigenvalue weighted by molar-refractivity contribution is 0.497. The highest BCUT2D eigenvalue weighted by atomic mass is 15.3. The molecule has 90 valence electrons. The third kappa shape index (κ3) is 4.57. The smallest absolute Gasteiger partial charge is 0.140 e. The molecule has 0 spiro atoms. The van der Waals surface area contributed by atoms with Crippen molar-refractivity contribution in [2.45, 2.75) is 46.2 Å². The molecular formula is C12H22N4. The molecule has 0 aliphatic carbocycles. The molecule has 1 N–H and O–H groups in total. The van der Waals surface area contributed by atoms with Crippen LogP contribution >= 0.6 is 0 Å². The molecule has 1 unspecified atom stereocenters. The van der Waals surface area contributed by atoms with E-state index < -0.39 is 0 Å². The second-order valence-corrected chi connectivity index (χ2v) is 4.44. The summed E-state index contributed by atoms with van der Waals surface area (Å²) in [7, 11) is 1.91. The van der Waals surface area contributed by atoms with Crippen LogP contribution in [-0.4, -0.2) is 20.8 Å². The van der Waals surface area contributed by atoms with Crippen molar-refractivity contribution in [3.63, 3.8) is 0 Å². The fourth-order valence-corrected chi connectivity index (χ4v) is 1.47. The molecule has 0 bridgehead atoms. The Morgan fingerprint density at radius 2 is 2.31 bits per heavy atom. The van der Waals surface area contributed by atoms with E-state index in [1.807, 2.05) is 7.05 Å². The van der Waals surface area contributed by atoms with Gasteiger partial charge in [-0.25, -0.2) is 4.98 Å². The molecule has 0 aromatic carbocycles. The summed E-state index contributed by atoms with van der Waals surface area (Å²) in [5.41, 5.74) is 1.39. The Hall–Kier alpha value is -1.16. The Morgan fingerprint density at radius 1 is 1.56 bits per heavy atom. The van der Waals surface area contributed by atoms with Crippen LogP contribution < -0.4 is 5.32 Å². The molecule has 1 aromatic rings. The minimum absolute atomic E-state index is 0.507. The highest BCUT2D eigenvalue weighted by Gasteiger charge is 2.03. The first-order chi connectivity index (χ1) is 7.59. The van der Waals surface area contributed by atoms with Crippen LogP contribution in [0.1, 0.15) is 39.4 Å². The number of rotatable bonds is 6. The van der Waals surface area contributed by atoms with Crippen LogP contribution in [0.5, 0.6) is 0 Å². The highest BCUT2D eigenvalue weighted by molar-refractivity contribution is 4.93. The van der Waals surface area contributed by atoms with E-state index in [1.165, 1.54) is 5.57 Å². The largest absolute Gasteiger partial charge is 0.307 e. The molecular weight excluding hydrogens is 200 g/mol. The van der Waals surface area contributed by atoms with E-state index in [0.29, 0.717) is 6.04 Å². The number of allylic oxidation sites excluding steroid dienone is 2. The first-order valence-electron chi connectivity index (χ1n) is 5.79. The molecule has 1 heterocycles. The van der Waals surface area contributed by atoms with Gasteiger partial charge in [0, 0.05) is 13.1 Å².